The minimum absolute atomic E-state index is 0.377. The summed E-state index contributed by atoms with van der Waals surface area (Å²) in [6, 6.07) is 0. The van der Waals surface area contributed by atoms with Gasteiger partial charge in [-0.3, -0.25) is 4.18 Å². The zero-order chi connectivity index (χ0) is 10.7. The first-order chi connectivity index (χ1) is 5.68. The van der Waals surface area contributed by atoms with Gasteiger partial charge in [0, 0.05) is 0 Å². The number of hydrogen-bond acceptors (Lipinski definition) is 4. The second-order valence-corrected chi connectivity index (χ2v) is 5.33. The predicted molar refractivity (Wildman–Crippen MR) is 50.5 cm³/mol. The zero-order valence-electron chi connectivity index (χ0n) is 8.83. The summed E-state index contributed by atoms with van der Waals surface area (Å²) < 4.78 is 30.9. The Hall–Kier alpha value is -0.130. The van der Waals surface area contributed by atoms with Gasteiger partial charge in [0.25, 0.3) is 0 Å². The van der Waals surface area contributed by atoms with E-state index in [2.05, 4.69) is 4.18 Å². The maximum absolute atomic E-state index is 11.0. The molecule has 0 aromatic carbocycles. The Morgan fingerprint density at radius 3 is 2.08 bits per heavy atom. The second kappa shape index (κ2) is 4.39. The van der Waals surface area contributed by atoms with E-state index in [0.717, 1.165) is 7.11 Å². The molecule has 0 radical (unpaired) electrons. The van der Waals surface area contributed by atoms with Gasteiger partial charge in [0.1, 0.15) is 0 Å². The van der Waals surface area contributed by atoms with Gasteiger partial charge < -0.3 is 0 Å². The van der Waals surface area contributed by atoms with E-state index in [4.69, 9.17) is 4.18 Å². The van der Waals surface area contributed by atoms with Gasteiger partial charge in [0.05, 0.1) is 12.7 Å². The molecule has 0 bridgehead atoms. The minimum atomic E-state index is -3.82. The van der Waals surface area contributed by atoms with Crippen molar-refractivity contribution in [3.63, 3.8) is 0 Å². The van der Waals surface area contributed by atoms with Gasteiger partial charge in [-0.15, -0.1) is 0 Å². The summed E-state index contributed by atoms with van der Waals surface area (Å²) in [6.07, 6.45) is 0.662. The molecule has 0 rings (SSSR count). The molecular formula is C8H18O4S. The van der Waals surface area contributed by atoms with Gasteiger partial charge in [0.2, 0.25) is 0 Å². The van der Waals surface area contributed by atoms with Crippen LogP contribution in [0.3, 0.4) is 0 Å². The third-order valence-electron chi connectivity index (χ3n) is 1.43. The van der Waals surface area contributed by atoms with Crippen LogP contribution in [0.5, 0.6) is 0 Å². The fourth-order valence-electron chi connectivity index (χ4n) is 1.33. The van der Waals surface area contributed by atoms with Crippen molar-refractivity contribution in [3.8, 4) is 0 Å². The van der Waals surface area contributed by atoms with Gasteiger partial charge in [-0.1, -0.05) is 13.8 Å². The van der Waals surface area contributed by atoms with Crippen LogP contribution in [0.25, 0.3) is 0 Å². The maximum atomic E-state index is 11.0. The summed E-state index contributed by atoms with van der Waals surface area (Å²) in [4.78, 5) is 0. The van der Waals surface area contributed by atoms with Crippen LogP contribution in [-0.2, 0) is 18.8 Å². The Balaban J connectivity index is 4.33. The molecule has 0 spiro atoms. The molecule has 80 valence electrons. The highest BCUT2D eigenvalue weighted by Crippen LogP contribution is 2.22. The summed E-state index contributed by atoms with van der Waals surface area (Å²) >= 11 is 0. The summed E-state index contributed by atoms with van der Waals surface area (Å²) in [5.74, 6) is 0.377. The SMILES string of the molecule is COS(=O)(=O)OC(C)(C)CC(C)C. The van der Waals surface area contributed by atoms with Crippen molar-refractivity contribution in [1.29, 1.82) is 0 Å². The predicted octanol–water partition coefficient (Wildman–Crippen LogP) is 1.72. The van der Waals surface area contributed by atoms with E-state index in [1.807, 2.05) is 13.8 Å². The molecule has 0 aliphatic rings. The standard InChI is InChI=1S/C8H18O4S/c1-7(2)6-8(3,4)12-13(9,10)11-5/h7H,6H2,1-5H3. The molecule has 0 aliphatic carbocycles. The summed E-state index contributed by atoms with van der Waals surface area (Å²) in [5, 5.41) is 0. The van der Waals surface area contributed by atoms with E-state index in [-0.39, 0.29) is 0 Å². The first-order valence-electron chi connectivity index (χ1n) is 4.20. The highest BCUT2D eigenvalue weighted by Gasteiger charge is 2.27. The molecule has 13 heavy (non-hydrogen) atoms. The summed E-state index contributed by atoms with van der Waals surface area (Å²) in [6.45, 7) is 7.46. The Labute approximate surface area is 80.6 Å². The van der Waals surface area contributed by atoms with Gasteiger partial charge in [-0.25, -0.2) is 4.18 Å². The van der Waals surface area contributed by atoms with Crippen LogP contribution in [0.2, 0.25) is 0 Å². The topological polar surface area (TPSA) is 52.6 Å². The molecule has 0 aliphatic heterocycles. The zero-order valence-corrected chi connectivity index (χ0v) is 9.64. The molecule has 5 heteroatoms. The molecule has 0 saturated carbocycles. The number of rotatable bonds is 5. The lowest BCUT2D eigenvalue weighted by Gasteiger charge is -2.25. The highest BCUT2D eigenvalue weighted by molar-refractivity contribution is 7.81. The van der Waals surface area contributed by atoms with E-state index in [1.54, 1.807) is 13.8 Å². The van der Waals surface area contributed by atoms with E-state index in [0.29, 0.717) is 12.3 Å². The Bertz CT molecular complexity index is 241. The van der Waals surface area contributed by atoms with E-state index < -0.39 is 16.0 Å². The van der Waals surface area contributed by atoms with Crippen LogP contribution in [0.1, 0.15) is 34.1 Å². The smallest absolute Gasteiger partial charge is 0.252 e. The molecule has 0 atom stereocenters. The Morgan fingerprint density at radius 1 is 1.31 bits per heavy atom. The molecule has 0 saturated heterocycles. The first kappa shape index (κ1) is 12.9. The third kappa shape index (κ3) is 6.01. The normalized spacial score (nSPS) is 13.7. The fourth-order valence-corrected chi connectivity index (χ4v) is 2.02. The third-order valence-corrected chi connectivity index (χ3v) is 2.50. The molecule has 0 N–H and O–H groups in total. The van der Waals surface area contributed by atoms with Crippen LogP contribution in [0.15, 0.2) is 0 Å². The van der Waals surface area contributed by atoms with Crippen LogP contribution >= 0.6 is 0 Å². The molecule has 4 nitrogen and oxygen atoms in total. The van der Waals surface area contributed by atoms with Gasteiger partial charge in [-0.2, -0.15) is 8.42 Å². The van der Waals surface area contributed by atoms with Crippen molar-refractivity contribution in [2.45, 2.75) is 39.7 Å². The lowest BCUT2D eigenvalue weighted by atomic mass is 9.97. The number of hydrogen-bond donors (Lipinski definition) is 0. The van der Waals surface area contributed by atoms with Crippen LogP contribution in [-0.4, -0.2) is 21.1 Å². The lowest BCUT2D eigenvalue weighted by molar-refractivity contribution is 0.0727. The largest absolute Gasteiger partial charge is 0.400 e. The van der Waals surface area contributed by atoms with Crippen LogP contribution in [0.4, 0.5) is 0 Å². The Morgan fingerprint density at radius 2 is 1.77 bits per heavy atom. The second-order valence-electron chi connectivity index (χ2n) is 4.02. The molecule has 0 unspecified atom stereocenters. The van der Waals surface area contributed by atoms with Gasteiger partial charge in [-0.05, 0) is 26.2 Å². The van der Waals surface area contributed by atoms with Crippen LogP contribution in [0, 0.1) is 5.92 Å². The molecule has 0 fully saturated rings. The average Bonchev–Trinajstić information content (AvgIpc) is 1.81. The monoisotopic (exact) mass is 210 g/mol. The lowest BCUT2D eigenvalue weighted by Crippen LogP contribution is -2.30. The van der Waals surface area contributed by atoms with Crippen molar-refractivity contribution in [2.75, 3.05) is 7.11 Å². The van der Waals surface area contributed by atoms with Crippen molar-refractivity contribution in [1.82, 2.24) is 0 Å². The van der Waals surface area contributed by atoms with Crippen molar-refractivity contribution < 1.29 is 16.8 Å². The quantitative estimate of drug-likeness (QED) is 0.693. The van der Waals surface area contributed by atoms with Gasteiger partial charge in [0.15, 0.2) is 0 Å². The first-order valence-corrected chi connectivity index (χ1v) is 5.53. The summed E-state index contributed by atoms with van der Waals surface area (Å²) in [5.41, 5.74) is -0.705. The highest BCUT2D eigenvalue weighted by atomic mass is 32.3. The molecule has 0 heterocycles. The average molecular weight is 210 g/mol. The van der Waals surface area contributed by atoms with E-state index >= 15 is 0 Å². The molecule has 0 aromatic heterocycles. The Kier molecular flexibility index (Phi) is 4.35. The fraction of sp³-hybridized carbons (Fsp3) is 1.00. The maximum Gasteiger partial charge on any atom is 0.400 e. The molecule has 0 aromatic rings. The van der Waals surface area contributed by atoms with E-state index in [1.165, 1.54) is 0 Å². The molecule has 0 amide bonds. The van der Waals surface area contributed by atoms with Crippen molar-refractivity contribution >= 4 is 10.4 Å². The van der Waals surface area contributed by atoms with E-state index in [9.17, 15) is 8.42 Å². The summed E-state index contributed by atoms with van der Waals surface area (Å²) in [7, 11) is -2.74. The van der Waals surface area contributed by atoms with Crippen molar-refractivity contribution in [3.05, 3.63) is 0 Å². The van der Waals surface area contributed by atoms with Crippen molar-refractivity contribution in [2.24, 2.45) is 5.92 Å². The van der Waals surface area contributed by atoms with Crippen LogP contribution < -0.4 is 0 Å². The minimum Gasteiger partial charge on any atom is -0.252 e. The van der Waals surface area contributed by atoms with Gasteiger partial charge >= 0.3 is 10.4 Å². The molecular weight excluding hydrogens is 192 g/mol.